The van der Waals surface area contributed by atoms with Gasteiger partial charge in [0.05, 0.1) is 18.2 Å². The molecule has 0 heterocycles. The molecule has 8 nitrogen and oxygen atoms in total. The first kappa shape index (κ1) is 17.7. The van der Waals surface area contributed by atoms with Crippen molar-refractivity contribution in [2.75, 3.05) is 7.11 Å². The summed E-state index contributed by atoms with van der Waals surface area (Å²) in [6, 6.07) is 9.15. The lowest BCUT2D eigenvalue weighted by atomic mass is 10.1. The van der Waals surface area contributed by atoms with Crippen molar-refractivity contribution >= 4 is 23.7 Å². The maximum atomic E-state index is 12.2. The van der Waals surface area contributed by atoms with Gasteiger partial charge in [-0.3, -0.25) is 5.41 Å². The van der Waals surface area contributed by atoms with E-state index < -0.39 is 17.9 Å². The fourth-order valence-electron chi connectivity index (χ4n) is 1.96. The second kappa shape index (κ2) is 7.26. The lowest BCUT2D eigenvalue weighted by Crippen LogP contribution is -2.15. The highest BCUT2D eigenvalue weighted by Crippen LogP contribution is 2.22. The zero-order valence-electron chi connectivity index (χ0n) is 13.1. The van der Waals surface area contributed by atoms with Crippen LogP contribution in [-0.2, 0) is 4.74 Å². The third kappa shape index (κ3) is 3.99. The highest BCUT2D eigenvalue weighted by Gasteiger charge is 2.18. The minimum atomic E-state index is -1.12. The topological polar surface area (TPSA) is 140 Å². The SMILES string of the molecule is COC(=O)c1cc(C(=N)N)ccc1OC(=O)c1ccc(C(=O)O)cc1. The average molecular weight is 342 g/mol. The molecular weight excluding hydrogens is 328 g/mol. The molecule has 0 saturated carbocycles. The number of carbonyl (C=O) groups excluding carboxylic acids is 2. The Morgan fingerprint density at radius 1 is 0.960 bits per heavy atom. The van der Waals surface area contributed by atoms with Gasteiger partial charge in [0, 0.05) is 5.56 Å². The first-order chi connectivity index (χ1) is 11.8. The van der Waals surface area contributed by atoms with Crippen LogP contribution in [-0.4, -0.2) is 36.0 Å². The lowest BCUT2D eigenvalue weighted by molar-refractivity contribution is 0.0591. The fourth-order valence-corrected chi connectivity index (χ4v) is 1.96. The number of ether oxygens (including phenoxy) is 2. The van der Waals surface area contributed by atoms with Crippen LogP contribution in [0.5, 0.6) is 5.75 Å². The quantitative estimate of drug-likeness (QED) is 0.325. The highest BCUT2D eigenvalue weighted by molar-refractivity contribution is 6.01. The van der Waals surface area contributed by atoms with Crippen molar-refractivity contribution in [3.63, 3.8) is 0 Å². The molecule has 0 atom stereocenters. The predicted molar refractivity (Wildman–Crippen MR) is 87.2 cm³/mol. The zero-order valence-corrected chi connectivity index (χ0v) is 13.1. The summed E-state index contributed by atoms with van der Waals surface area (Å²) in [5.41, 5.74) is 5.72. The molecule has 2 aromatic rings. The Morgan fingerprint density at radius 3 is 2.04 bits per heavy atom. The predicted octanol–water partition coefficient (Wildman–Crippen LogP) is 1.67. The number of nitrogens with one attached hydrogen (secondary N) is 1. The van der Waals surface area contributed by atoms with Gasteiger partial charge in [-0.05, 0) is 42.5 Å². The van der Waals surface area contributed by atoms with Crippen LogP contribution in [0.4, 0.5) is 0 Å². The minimum Gasteiger partial charge on any atom is -0.478 e. The van der Waals surface area contributed by atoms with E-state index in [9.17, 15) is 14.4 Å². The molecule has 4 N–H and O–H groups in total. The van der Waals surface area contributed by atoms with Crippen LogP contribution in [0.25, 0.3) is 0 Å². The van der Waals surface area contributed by atoms with Gasteiger partial charge in [0.15, 0.2) is 0 Å². The first-order valence-electron chi connectivity index (χ1n) is 6.95. The number of methoxy groups -OCH3 is 1. The van der Waals surface area contributed by atoms with Crippen LogP contribution in [0.15, 0.2) is 42.5 Å². The number of esters is 2. The number of benzene rings is 2. The second-order valence-electron chi connectivity index (χ2n) is 4.89. The van der Waals surface area contributed by atoms with Crippen molar-refractivity contribution in [1.82, 2.24) is 0 Å². The summed E-state index contributed by atoms with van der Waals surface area (Å²) in [6.07, 6.45) is 0. The Labute approximate surface area is 142 Å². The number of carboxylic acids is 1. The summed E-state index contributed by atoms with van der Waals surface area (Å²) in [6.45, 7) is 0. The van der Waals surface area contributed by atoms with E-state index in [1.54, 1.807) is 0 Å². The molecule has 0 fully saturated rings. The Hall–Kier alpha value is -3.68. The molecule has 0 saturated heterocycles. The van der Waals surface area contributed by atoms with Gasteiger partial charge >= 0.3 is 17.9 Å². The number of nitrogens with two attached hydrogens (primary N) is 1. The zero-order chi connectivity index (χ0) is 18.6. The van der Waals surface area contributed by atoms with Crippen LogP contribution in [0.2, 0.25) is 0 Å². The van der Waals surface area contributed by atoms with Gasteiger partial charge in [0.1, 0.15) is 17.1 Å². The van der Waals surface area contributed by atoms with Crippen molar-refractivity contribution in [3.05, 3.63) is 64.7 Å². The van der Waals surface area contributed by atoms with Crippen LogP contribution >= 0.6 is 0 Å². The smallest absolute Gasteiger partial charge is 0.343 e. The monoisotopic (exact) mass is 342 g/mol. The molecule has 0 bridgehead atoms. The van der Waals surface area contributed by atoms with Crippen LogP contribution in [0, 0.1) is 5.41 Å². The van der Waals surface area contributed by atoms with E-state index in [1.807, 2.05) is 0 Å². The molecule has 0 aliphatic rings. The molecule has 0 spiro atoms. The van der Waals surface area contributed by atoms with E-state index in [-0.39, 0.29) is 33.8 Å². The Kier molecular flexibility index (Phi) is 5.13. The third-order valence-electron chi connectivity index (χ3n) is 3.27. The van der Waals surface area contributed by atoms with E-state index >= 15 is 0 Å². The van der Waals surface area contributed by atoms with Gasteiger partial charge in [-0.15, -0.1) is 0 Å². The molecule has 0 amide bonds. The van der Waals surface area contributed by atoms with Crippen molar-refractivity contribution in [2.24, 2.45) is 5.73 Å². The Balaban J connectivity index is 2.32. The molecule has 0 aliphatic heterocycles. The van der Waals surface area contributed by atoms with E-state index in [0.717, 1.165) is 0 Å². The maximum Gasteiger partial charge on any atom is 0.343 e. The van der Waals surface area contributed by atoms with Crippen LogP contribution in [0.3, 0.4) is 0 Å². The molecule has 2 rings (SSSR count). The molecule has 0 unspecified atom stereocenters. The number of hydrogen-bond donors (Lipinski definition) is 3. The summed E-state index contributed by atoms with van der Waals surface area (Å²) in [4.78, 5) is 34.9. The molecule has 2 aromatic carbocycles. The standard InChI is InChI=1S/C17H14N2O6/c1-24-17(23)12-8-11(14(18)19)6-7-13(12)25-16(22)10-4-2-9(3-5-10)15(20)21/h2-8H,1H3,(H3,18,19)(H,20,21). The summed E-state index contributed by atoms with van der Waals surface area (Å²) < 4.78 is 9.83. The molecule has 0 aromatic heterocycles. The number of rotatable bonds is 5. The van der Waals surface area contributed by atoms with Crippen LogP contribution in [0.1, 0.15) is 36.6 Å². The molecule has 8 heteroatoms. The third-order valence-corrected chi connectivity index (χ3v) is 3.27. The highest BCUT2D eigenvalue weighted by atomic mass is 16.5. The van der Waals surface area contributed by atoms with E-state index in [2.05, 4.69) is 4.74 Å². The Morgan fingerprint density at radius 2 is 1.52 bits per heavy atom. The number of carbonyl (C=O) groups is 3. The minimum absolute atomic E-state index is 0.0256. The molecule has 25 heavy (non-hydrogen) atoms. The van der Waals surface area contributed by atoms with E-state index in [0.29, 0.717) is 0 Å². The van der Waals surface area contributed by atoms with Crippen molar-refractivity contribution < 1.29 is 29.0 Å². The average Bonchev–Trinajstić information content (AvgIpc) is 2.61. The van der Waals surface area contributed by atoms with E-state index in [1.165, 1.54) is 49.6 Å². The van der Waals surface area contributed by atoms with Gasteiger partial charge in [-0.25, -0.2) is 14.4 Å². The maximum absolute atomic E-state index is 12.2. The van der Waals surface area contributed by atoms with Crippen molar-refractivity contribution in [1.29, 1.82) is 5.41 Å². The molecule has 128 valence electrons. The van der Waals surface area contributed by atoms with E-state index in [4.69, 9.17) is 21.0 Å². The largest absolute Gasteiger partial charge is 0.478 e. The number of carboxylic acid groups (broad SMARTS) is 1. The number of aromatic carboxylic acids is 1. The molecule has 0 aliphatic carbocycles. The van der Waals surface area contributed by atoms with Gasteiger partial charge < -0.3 is 20.3 Å². The van der Waals surface area contributed by atoms with Crippen LogP contribution < -0.4 is 10.5 Å². The summed E-state index contributed by atoms with van der Waals surface area (Å²) in [7, 11) is 1.17. The van der Waals surface area contributed by atoms with Gasteiger partial charge in [0.25, 0.3) is 0 Å². The normalized spacial score (nSPS) is 9.96. The molecule has 0 radical (unpaired) electrons. The van der Waals surface area contributed by atoms with Crippen molar-refractivity contribution in [2.45, 2.75) is 0 Å². The van der Waals surface area contributed by atoms with Gasteiger partial charge in [-0.2, -0.15) is 0 Å². The van der Waals surface area contributed by atoms with Gasteiger partial charge in [-0.1, -0.05) is 0 Å². The molecular formula is C17H14N2O6. The summed E-state index contributed by atoms with van der Waals surface area (Å²) in [5.74, 6) is -2.98. The Bertz CT molecular complexity index is 858. The first-order valence-corrected chi connectivity index (χ1v) is 6.95. The second-order valence-corrected chi connectivity index (χ2v) is 4.89. The van der Waals surface area contributed by atoms with Gasteiger partial charge in [0.2, 0.25) is 0 Å². The number of amidine groups is 1. The number of hydrogen-bond acceptors (Lipinski definition) is 6. The van der Waals surface area contributed by atoms with Crippen molar-refractivity contribution in [3.8, 4) is 5.75 Å². The fraction of sp³-hybridized carbons (Fsp3) is 0.0588. The summed E-state index contributed by atoms with van der Waals surface area (Å²) in [5, 5.41) is 16.3. The lowest BCUT2D eigenvalue weighted by Gasteiger charge is -2.10. The number of nitrogen functional groups attached to an aromatic ring is 1. The summed E-state index contributed by atoms with van der Waals surface area (Å²) >= 11 is 0.